The summed E-state index contributed by atoms with van der Waals surface area (Å²) in [5, 5.41) is 3.05. The van der Waals surface area contributed by atoms with Crippen molar-refractivity contribution in [3.8, 4) is 0 Å². The molecule has 0 heterocycles. The maximum atomic E-state index is 11.2. The number of carbonyl (C=O) groups excluding carboxylic acids is 1. The number of nitrogens with two attached hydrogens (primary N) is 1. The van der Waals surface area contributed by atoms with Gasteiger partial charge < -0.3 is 11.1 Å². The van der Waals surface area contributed by atoms with Gasteiger partial charge in [0.25, 0.3) is 0 Å². The van der Waals surface area contributed by atoms with Gasteiger partial charge in [-0.1, -0.05) is 19.8 Å². The van der Waals surface area contributed by atoms with Gasteiger partial charge in [0.2, 0.25) is 5.91 Å². The average molecular weight is 184 g/mol. The van der Waals surface area contributed by atoms with Gasteiger partial charge in [0.15, 0.2) is 0 Å². The second-order valence-electron chi connectivity index (χ2n) is 3.81. The number of amides is 1. The Morgan fingerprint density at radius 3 is 2.77 bits per heavy atom. The van der Waals surface area contributed by atoms with Gasteiger partial charge in [0, 0.05) is 12.5 Å². The van der Waals surface area contributed by atoms with E-state index in [1.54, 1.807) is 0 Å². The summed E-state index contributed by atoms with van der Waals surface area (Å²) < 4.78 is 0. The van der Waals surface area contributed by atoms with E-state index in [0.29, 0.717) is 24.9 Å². The summed E-state index contributed by atoms with van der Waals surface area (Å²) >= 11 is 0. The van der Waals surface area contributed by atoms with Crippen molar-refractivity contribution in [1.82, 2.24) is 5.32 Å². The normalized spacial score (nSPS) is 28.5. The lowest BCUT2D eigenvalue weighted by Crippen LogP contribution is -2.44. The second-order valence-corrected chi connectivity index (χ2v) is 3.81. The standard InChI is InChI=1S/C10H20N2O/c1-2-10(13)12-9-6-4-3-5-8(9)7-11/h8-9H,2-7,11H2,1H3,(H,12,13). The molecule has 0 aromatic carbocycles. The molecule has 1 aliphatic rings. The maximum Gasteiger partial charge on any atom is 0.219 e. The van der Waals surface area contributed by atoms with Crippen LogP contribution < -0.4 is 11.1 Å². The van der Waals surface area contributed by atoms with E-state index in [0.717, 1.165) is 6.42 Å². The Bertz CT molecular complexity index is 170. The van der Waals surface area contributed by atoms with Crippen LogP contribution in [0.2, 0.25) is 0 Å². The minimum atomic E-state index is 0.158. The Balaban J connectivity index is 2.40. The molecule has 2 atom stereocenters. The summed E-state index contributed by atoms with van der Waals surface area (Å²) in [4.78, 5) is 11.2. The van der Waals surface area contributed by atoms with Crippen LogP contribution in [-0.4, -0.2) is 18.5 Å². The zero-order valence-corrected chi connectivity index (χ0v) is 8.38. The molecule has 3 heteroatoms. The molecule has 0 radical (unpaired) electrons. The van der Waals surface area contributed by atoms with Crippen LogP contribution in [0.4, 0.5) is 0 Å². The molecule has 3 nitrogen and oxygen atoms in total. The van der Waals surface area contributed by atoms with E-state index >= 15 is 0 Å². The van der Waals surface area contributed by atoms with Crippen LogP contribution in [0.3, 0.4) is 0 Å². The highest BCUT2D eigenvalue weighted by molar-refractivity contribution is 5.75. The van der Waals surface area contributed by atoms with Crippen molar-refractivity contribution in [2.45, 2.75) is 45.1 Å². The van der Waals surface area contributed by atoms with Crippen LogP contribution in [0, 0.1) is 5.92 Å². The molecule has 1 aliphatic carbocycles. The van der Waals surface area contributed by atoms with Gasteiger partial charge in [0.1, 0.15) is 0 Å². The molecule has 0 saturated heterocycles. The van der Waals surface area contributed by atoms with Crippen LogP contribution in [0.1, 0.15) is 39.0 Å². The molecule has 13 heavy (non-hydrogen) atoms. The van der Waals surface area contributed by atoms with E-state index in [2.05, 4.69) is 5.32 Å². The first kappa shape index (κ1) is 10.5. The molecule has 0 aromatic heterocycles. The van der Waals surface area contributed by atoms with Crippen LogP contribution >= 0.6 is 0 Å². The summed E-state index contributed by atoms with van der Waals surface area (Å²) in [6, 6.07) is 0.339. The Kier molecular flexibility index (Phi) is 4.22. The van der Waals surface area contributed by atoms with Gasteiger partial charge >= 0.3 is 0 Å². The summed E-state index contributed by atoms with van der Waals surface area (Å²) in [6.07, 6.45) is 5.35. The number of rotatable bonds is 3. The summed E-state index contributed by atoms with van der Waals surface area (Å²) in [6.45, 7) is 2.59. The van der Waals surface area contributed by atoms with Crippen molar-refractivity contribution < 1.29 is 4.79 Å². The molecule has 2 unspecified atom stereocenters. The molecular formula is C10H20N2O. The predicted molar refractivity (Wildman–Crippen MR) is 53.2 cm³/mol. The van der Waals surface area contributed by atoms with E-state index in [-0.39, 0.29) is 5.91 Å². The van der Waals surface area contributed by atoms with Crippen LogP contribution in [-0.2, 0) is 4.79 Å². The van der Waals surface area contributed by atoms with Crippen molar-refractivity contribution in [2.24, 2.45) is 11.7 Å². The first-order chi connectivity index (χ1) is 6.27. The van der Waals surface area contributed by atoms with Crippen molar-refractivity contribution in [1.29, 1.82) is 0 Å². The third-order valence-electron chi connectivity index (χ3n) is 2.88. The number of hydrogen-bond acceptors (Lipinski definition) is 2. The molecule has 1 rings (SSSR count). The van der Waals surface area contributed by atoms with Crippen LogP contribution in [0.5, 0.6) is 0 Å². The van der Waals surface area contributed by atoms with E-state index in [4.69, 9.17) is 5.73 Å². The fourth-order valence-corrected chi connectivity index (χ4v) is 1.99. The molecule has 1 amide bonds. The minimum Gasteiger partial charge on any atom is -0.353 e. The summed E-state index contributed by atoms with van der Waals surface area (Å²) in [5.41, 5.74) is 5.66. The van der Waals surface area contributed by atoms with E-state index in [9.17, 15) is 4.79 Å². The highest BCUT2D eigenvalue weighted by Crippen LogP contribution is 2.23. The van der Waals surface area contributed by atoms with Crippen molar-refractivity contribution >= 4 is 5.91 Å². The number of nitrogens with one attached hydrogen (secondary N) is 1. The SMILES string of the molecule is CCC(=O)NC1CCCCC1CN. The molecule has 3 N–H and O–H groups in total. The Hall–Kier alpha value is -0.570. The lowest BCUT2D eigenvalue weighted by molar-refractivity contribution is -0.122. The lowest BCUT2D eigenvalue weighted by Gasteiger charge is -2.31. The third-order valence-corrected chi connectivity index (χ3v) is 2.88. The molecule has 0 aromatic rings. The van der Waals surface area contributed by atoms with Gasteiger partial charge in [-0.2, -0.15) is 0 Å². The van der Waals surface area contributed by atoms with Gasteiger partial charge in [-0.3, -0.25) is 4.79 Å². The zero-order valence-electron chi connectivity index (χ0n) is 8.38. The molecule has 1 fully saturated rings. The lowest BCUT2D eigenvalue weighted by atomic mass is 9.84. The third kappa shape index (κ3) is 2.99. The van der Waals surface area contributed by atoms with E-state index in [1.807, 2.05) is 6.92 Å². The molecule has 76 valence electrons. The van der Waals surface area contributed by atoms with E-state index < -0.39 is 0 Å². The fraction of sp³-hybridized carbons (Fsp3) is 0.900. The van der Waals surface area contributed by atoms with E-state index in [1.165, 1.54) is 19.3 Å². The predicted octanol–water partition coefficient (Wildman–Crippen LogP) is 1.03. The van der Waals surface area contributed by atoms with Gasteiger partial charge in [-0.05, 0) is 25.3 Å². The Labute approximate surface area is 80.1 Å². The first-order valence-corrected chi connectivity index (χ1v) is 5.27. The smallest absolute Gasteiger partial charge is 0.219 e. The topological polar surface area (TPSA) is 55.1 Å². The van der Waals surface area contributed by atoms with Crippen LogP contribution in [0.25, 0.3) is 0 Å². The maximum absolute atomic E-state index is 11.2. The molecule has 1 saturated carbocycles. The molecule has 0 aliphatic heterocycles. The largest absolute Gasteiger partial charge is 0.353 e. The highest BCUT2D eigenvalue weighted by Gasteiger charge is 2.24. The van der Waals surface area contributed by atoms with Crippen molar-refractivity contribution in [3.63, 3.8) is 0 Å². The summed E-state index contributed by atoms with van der Waals surface area (Å²) in [5.74, 6) is 0.662. The highest BCUT2D eigenvalue weighted by atomic mass is 16.1. The molecular weight excluding hydrogens is 164 g/mol. The van der Waals surface area contributed by atoms with Gasteiger partial charge in [-0.25, -0.2) is 0 Å². The average Bonchev–Trinajstić information content (AvgIpc) is 2.18. The molecule has 0 spiro atoms. The minimum absolute atomic E-state index is 0.158. The Morgan fingerprint density at radius 1 is 1.46 bits per heavy atom. The van der Waals surface area contributed by atoms with Crippen LogP contribution in [0.15, 0.2) is 0 Å². The summed E-state index contributed by atoms with van der Waals surface area (Å²) in [7, 11) is 0. The van der Waals surface area contributed by atoms with Gasteiger partial charge in [0.05, 0.1) is 0 Å². The zero-order chi connectivity index (χ0) is 9.68. The first-order valence-electron chi connectivity index (χ1n) is 5.27. The number of hydrogen-bond donors (Lipinski definition) is 2. The van der Waals surface area contributed by atoms with Crippen molar-refractivity contribution in [3.05, 3.63) is 0 Å². The van der Waals surface area contributed by atoms with Crippen molar-refractivity contribution in [2.75, 3.05) is 6.54 Å². The molecule has 0 bridgehead atoms. The monoisotopic (exact) mass is 184 g/mol. The Morgan fingerprint density at radius 2 is 2.15 bits per heavy atom. The second kappa shape index (κ2) is 5.22. The fourth-order valence-electron chi connectivity index (χ4n) is 1.99. The van der Waals surface area contributed by atoms with Gasteiger partial charge in [-0.15, -0.1) is 0 Å². The number of carbonyl (C=O) groups is 1. The quantitative estimate of drug-likeness (QED) is 0.688.